The van der Waals surface area contributed by atoms with E-state index in [1.54, 1.807) is 0 Å². The molecule has 0 radical (unpaired) electrons. The second-order valence-corrected chi connectivity index (χ2v) is 7.25. The maximum atomic E-state index is 12.3. The molecule has 0 spiro atoms. The monoisotopic (exact) mass is 287 g/mol. The van der Waals surface area contributed by atoms with E-state index in [2.05, 4.69) is 6.92 Å². The molecule has 112 valence electrons. The number of Topliss-reactive ketones (excluding diaryl/α,β-unsaturated/α-hetero) is 1. The lowest BCUT2D eigenvalue weighted by atomic mass is 9.55. The third kappa shape index (κ3) is 1.63. The number of rotatable bonds is 0. The Balaban J connectivity index is 1.80. The molecule has 3 aliphatic carbocycles. The Morgan fingerprint density at radius 3 is 2.90 bits per heavy atom. The summed E-state index contributed by atoms with van der Waals surface area (Å²) in [6.45, 7) is 2.13. The highest BCUT2D eigenvalue weighted by atomic mass is 16.3. The van der Waals surface area contributed by atoms with Gasteiger partial charge in [-0.1, -0.05) is 13.0 Å². The van der Waals surface area contributed by atoms with Crippen molar-refractivity contribution in [2.24, 2.45) is 17.3 Å². The van der Waals surface area contributed by atoms with Crippen molar-refractivity contribution in [3.8, 4) is 11.5 Å². The number of fused-ring (bicyclic) bond motifs is 5. The van der Waals surface area contributed by atoms with Crippen LogP contribution in [0.3, 0.4) is 0 Å². The van der Waals surface area contributed by atoms with Gasteiger partial charge in [-0.3, -0.25) is 4.79 Å². The summed E-state index contributed by atoms with van der Waals surface area (Å²) < 4.78 is 8.25. The van der Waals surface area contributed by atoms with Gasteiger partial charge in [0, 0.05) is 17.4 Å². The van der Waals surface area contributed by atoms with Crippen molar-refractivity contribution in [2.45, 2.75) is 51.4 Å². The SMILES string of the molecule is [2H]c1cc(O)c(O)c2c1[C@H]1CC[C@]3(C)C(=O)CC[C@H]3[C@@H]1CC2. The average Bonchev–Trinajstić information content (AvgIpc) is 2.80. The Kier molecular flexibility index (Phi) is 2.44. The Labute approximate surface area is 126 Å². The molecule has 0 aliphatic heterocycles. The molecule has 1 aromatic carbocycles. The zero-order valence-electron chi connectivity index (χ0n) is 13.4. The van der Waals surface area contributed by atoms with Gasteiger partial charge in [-0.05, 0) is 61.5 Å². The molecule has 2 saturated carbocycles. The lowest BCUT2D eigenvalue weighted by Gasteiger charge is -2.48. The van der Waals surface area contributed by atoms with Gasteiger partial charge >= 0.3 is 0 Å². The van der Waals surface area contributed by atoms with Gasteiger partial charge in [-0.2, -0.15) is 0 Å². The minimum absolute atomic E-state index is 0.0414. The largest absolute Gasteiger partial charge is 0.504 e. The first-order valence-corrected chi connectivity index (χ1v) is 8.01. The lowest BCUT2D eigenvalue weighted by molar-refractivity contribution is -0.129. The number of phenols is 2. The van der Waals surface area contributed by atoms with Crippen LogP contribution in [0.4, 0.5) is 0 Å². The van der Waals surface area contributed by atoms with Gasteiger partial charge in [0.15, 0.2) is 11.5 Å². The van der Waals surface area contributed by atoms with Crippen LogP contribution in [0.2, 0.25) is 0 Å². The predicted octanol–water partition coefficient (Wildman–Crippen LogP) is 3.52. The molecule has 0 amide bonds. The molecule has 2 fully saturated rings. The van der Waals surface area contributed by atoms with Crippen molar-refractivity contribution in [1.82, 2.24) is 0 Å². The number of phenolic OH excluding ortho intramolecular Hbond substituents is 2. The summed E-state index contributed by atoms with van der Waals surface area (Å²) in [5.74, 6) is 1.31. The van der Waals surface area contributed by atoms with Crippen LogP contribution in [0.5, 0.6) is 11.5 Å². The molecule has 0 saturated heterocycles. The van der Waals surface area contributed by atoms with Crippen molar-refractivity contribution >= 4 is 5.78 Å². The van der Waals surface area contributed by atoms with Crippen molar-refractivity contribution in [2.75, 3.05) is 0 Å². The standard InChI is InChI=1S/C18H22O3/c1-18-9-8-11-10-4-6-15(19)17(21)13(10)3-2-12(11)14(18)5-7-16(18)20/h4,6,11-12,14,19,21H,2-3,5,7-9H2,1H3/t11-,12-,14+,18+/m1/s1/i4D. The van der Waals surface area contributed by atoms with E-state index >= 15 is 0 Å². The summed E-state index contributed by atoms with van der Waals surface area (Å²) in [4.78, 5) is 12.3. The van der Waals surface area contributed by atoms with Crippen LogP contribution in [0.25, 0.3) is 0 Å². The summed E-state index contributed by atoms with van der Waals surface area (Å²) in [6, 6.07) is 1.71. The number of benzene rings is 1. The van der Waals surface area contributed by atoms with E-state index in [0.29, 0.717) is 36.5 Å². The number of hydrogen-bond acceptors (Lipinski definition) is 3. The number of carbonyl (C=O) groups excluding carboxylic acids is 1. The third-order valence-corrected chi connectivity index (χ3v) is 6.46. The van der Waals surface area contributed by atoms with E-state index in [9.17, 15) is 15.0 Å². The molecule has 3 heteroatoms. The fourth-order valence-corrected chi connectivity index (χ4v) is 5.30. The lowest BCUT2D eigenvalue weighted by Crippen LogP contribution is -2.42. The topological polar surface area (TPSA) is 57.5 Å². The molecule has 0 unspecified atom stereocenters. The van der Waals surface area contributed by atoms with Crippen LogP contribution < -0.4 is 0 Å². The molecule has 1 aromatic rings. The second-order valence-electron chi connectivity index (χ2n) is 7.25. The van der Waals surface area contributed by atoms with E-state index in [-0.39, 0.29) is 22.8 Å². The van der Waals surface area contributed by atoms with Gasteiger partial charge in [-0.15, -0.1) is 0 Å². The number of ketones is 1. The molecule has 3 nitrogen and oxygen atoms in total. The highest BCUT2D eigenvalue weighted by Gasteiger charge is 2.54. The van der Waals surface area contributed by atoms with E-state index in [0.717, 1.165) is 36.8 Å². The zero-order valence-corrected chi connectivity index (χ0v) is 12.4. The van der Waals surface area contributed by atoms with Crippen molar-refractivity contribution < 1.29 is 16.4 Å². The van der Waals surface area contributed by atoms with Crippen molar-refractivity contribution in [1.29, 1.82) is 0 Å². The van der Waals surface area contributed by atoms with Crippen LogP contribution in [-0.2, 0) is 11.2 Å². The minimum Gasteiger partial charge on any atom is -0.504 e. The summed E-state index contributed by atoms with van der Waals surface area (Å²) in [5.41, 5.74) is 1.52. The smallest absolute Gasteiger partial charge is 0.160 e. The third-order valence-electron chi connectivity index (χ3n) is 6.46. The molecule has 4 atom stereocenters. The van der Waals surface area contributed by atoms with Crippen molar-refractivity contribution in [3.63, 3.8) is 0 Å². The average molecular weight is 287 g/mol. The van der Waals surface area contributed by atoms with E-state index in [1.807, 2.05) is 0 Å². The van der Waals surface area contributed by atoms with Crippen LogP contribution in [-0.4, -0.2) is 16.0 Å². The molecule has 21 heavy (non-hydrogen) atoms. The van der Waals surface area contributed by atoms with Crippen LogP contribution in [0.1, 0.15) is 57.4 Å². The first-order valence-electron chi connectivity index (χ1n) is 8.51. The molecular formula is C18H22O3. The summed E-state index contributed by atoms with van der Waals surface area (Å²) in [5, 5.41) is 19.9. The van der Waals surface area contributed by atoms with Gasteiger partial charge in [0.05, 0.1) is 1.37 Å². The molecule has 0 bridgehead atoms. The molecular weight excluding hydrogens is 264 g/mol. The fraction of sp³-hybridized carbons (Fsp3) is 0.611. The van der Waals surface area contributed by atoms with Gasteiger partial charge < -0.3 is 10.2 Å². The number of carbonyl (C=O) groups is 1. The predicted molar refractivity (Wildman–Crippen MR) is 79.4 cm³/mol. The molecule has 2 N–H and O–H groups in total. The summed E-state index contributed by atoms with van der Waals surface area (Å²) >= 11 is 0. The van der Waals surface area contributed by atoms with Gasteiger partial charge in [0.25, 0.3) is 0 Å². The van der Waals surface area contributed by atoms with E-state index in [4.69, 9.17) is 1.37 Å². The number of hydrogen-bond donors (Lipinski definition) is 2. The molecule has 0 heterocycles. The van der Waals surface area contributed by atoms with Crippen molar-refractivity contribution in [3.05, 3.63) is 23.2 Å². The maximum absolute atomic E-state index is 12.3. The Morgan fingerprint density at radius 1 is 1.29 bits per heavy atom. The highest BCUT2D eigenvalue weighted by Crippen LogP contribution is 2.60. The Hall–Kier alpha value is -1.51. The maximum Gasteiger partial charge on any atom is 0.160 e. The van der Waals surface area contributed by atoms with Crippen LogP contribution in [0, 0.1) is 17.3 Å². The van der Waals surface area contributed by atoms with E-state index < -0.39 is 0 Å². The van der Waals surface area contributed by atoms with Gasteiger partial charge in [0.2, 0.25) is 0 Å². The molecule has 3 aliphatic rings. The van der Waals surface area contributed by atoms with Gasteiger partial charge in [0.1, 0.15) is 5.78 Å². The Bertz CT molecular complexity index is 669. The van der Waals surface area contributed by atoms with Gasteiger partial charge in [-0.25, -0.2) is 0 Å². The summed E-state index contributed by atoms with van der Waals surface area (Å²) in [6.07, 6.45) is 5.12. The Morgan fingerprint density at radius 2 is 2.10 bits per heavy atom. The van der Waals surface area contributed by atoms with Crippen LogP contribution >= 0.6 is 0 Å². The number of aromatic hydroxyl groups is 2. The van der Waals surface area contributed by atoms with Crippen LogP contribution in [0.15, 0.2) is 12.1 Å². The highest BCUT2D eigenvalue weighted by molar-refractivity contribution is 5.87. The van der Waals surface area contributed by atoms with E-state index in [1.165, 1.54) is 6.07 Å². The quantitative estimate of drug-likeness (QED) is 0.718. The molecule has 4 rings (SSSR count). The molecule has 0 aromatic heterocycles. The zero-order chi connectivity index (χ0) is 15.6. The fourth-order valence-electron chi connectivity index (χ4n) is 5.30. The minimum atomic E-state index is -0.182. The summed E-state index contributed by atoms with van der Waals surface area (Å²) in [7, 11) is 0. The first-order chi connectivity index (χ1) is 10.4. The first kappa shape index (κ1) is 12.1. The second kappa shape index (κ2) is 4.25. The normalized spacial score (nSPS) is 38.4.